The molecule has 29 heavy (non-hydrogen) atoms. The first-order chi connectivity index (χ1) is 14.2. The summed E-state index contributed by atoms with van der Waals surface area (Å²) < 4.78 is 20.6. The van der Waals surface area contributed by atoms with Crippen molar-refractivity contribution in [3.63, 3.8) is 0 Å². The van der Waals surface area contributed by atoms with Gasteiger partial charge in [-0.1, -0.05) is 23.4 Å². The second kappa shape index (κ2) is 8.83. The minimum atomic E-state index is -0.346. The summed E-state index contributed by atoms with van der Waals surface area (Å²) in [7, 11) is 0. The Labute approximate surface area is 167 Å². The van der Waals surface area contributed by atoms with E-state index in [2.05, 4.69) is 20.9 Å². The third-order valence-corrected chi connectivity index (χ3v) is 4.81. The number of hydrogen-bond acceptors (Lipinski definition) is 5. The maximum absolute atomic E-state index is 13.2. The lowest BCUT2D eigenvalue weighted by atomic mass is 10.1. The first-order valence-corrected chi connectivity index (χ1v) is 9.58. The van der Waals surface area contributed by atoms with Crippen LogP contribution in [0.4, 0.5) is 10.1 Å². The average Bonchev–Trinajstić information content (AvgIpc) is 3.24. The Hall–Kier alpha value is -3.26. The number of benzene rings is 2. The van der Waals surface area contributed by atoms with Crippen molar-refractivity contribution in [2.24, 2.45) is 0 Å². The summed E-state index contributed by atoms with van der Waals surface area (Å²) >= 11 is 0. The highest BCUT2D eigenvalue weighted by Crippen LogP contribution is 2.19. The standard InChI is InChI=1S/C21H22FN5O2/c22-16-4-2-6-19(12-16)29-14-15-3-1-5-17(11-15)24-21(28)20-13-27(26-25-20)18-7-9-23-10-8-18/h1-6,11-13,18,23H,7-10,14H2,(H,24,28). The number of anilines is 1. The molecule has 1 aromatic heterocycles. The molecule has 0 spiro atoms. The third kappa shape index (κ3) is 4.97. The Morgan fingerprint density at radius 3 is 2.86 bits per heavy atom. The van der Waals surface area contributed by atoms with Crippen LogP contribution in [0.3, 0.4) is 0 Å². The van der Waals surface area contributed by atoms with Crippen LogP contribution in [0.15, 0.2) is 54.7 Å². The summed E-state index contributed by atoms with van der Waals surface area (Å²) in [5, 5.41) is 14.3. The third-order valence-electron chi connectivity index (χ3n) is 4.81. The molecule has 2 N–H and O–H groups in total. The Morgan fingerprint density at radius 1 is 1.21 bits per heavy atom. The van der Waals surface area contributed by atoms with Crippen LogP contribution < -0.4 is 15.4 Å². The summed E-state index contributed by atoms with van der Waals surface area (Å²) in [6.07, 6.45) is 3.64. The van der Waals surface area contributed by atoms with Crippen molar-refractivity contribution >= 4 is 11.6 Å². The van der Waals surface area contributed by atoms with Crippen LogP contribution in [0.25, 0.3) is 0 Å². The van der Waals surface area contributed by atoms with Gasteiger partial charge in [0.2, 0.25) is 0 Å². The molecule has 4 rings (SSSR count). The number of ether oxygens (including phenoxy) is 1. The van der Waals surface area contributed by atoms with E-state index in [0.29, 0.717) is 11.4 Å². The molecule has 3 aromatic rings. The first kappa shape index (κ1) is 19.1. The van der Waals surface area contributed by atoms with Gasteiger partial charge in [-0.3, -0.25) is 4.79 Å². The zero-order valence-electron chi connectivity index (χ0n) is 15.8. The van der Waals surface area contributed by atoms with Gasteiger partial charge in [0.25, 0.3) is 5.91 Å². The van der Waals surface area contributed by atoms with Crippen molar-refractivity contribution in [2.45, 2.75) is 25.5 Å². The van der Waals surface area contributed by atoms with E-state index in [4.69, 9.17) is 4.74 Å². The van der Waals surface area contributed by atoms with Gasteiger partial charge in [-0.25, -0.2) is 9.07 Å². The lowest BCUT2D eigenvalue weighted by Gasteiger charge is -2.22. The van der Waals surface area contributed by atoms with E-state index in [0.717, 1.165) is 31.5 Å². The number of nitrogens with zero attached hydrogens (tertiary/aromatic N) is 3. The Bertz CT molecular complexity index is 984. The molecule has 1 aliphatic rings. The largest absolute Gasteiger partial charge is 0.489 e. The molecule has 0 aliphatic carbocycles. The maximum Gasteiger partial charge on any atom is 0.277 e. The minimum absolute atomic E-state index is 0.263. The van der Waals surface area contributed by atoms with Gasteiger partial charge in [0, 0.05) is 11.8 Å². The molecule has 1 saturated heterocycles. The maximum atomic E-state index is 13.2. The molecule has 0 radical (unpaired) electrons. The molecule has 0 bridgehead atoms. The number of nitrogens with one attached hydrogen (secondary N) is 2. The summed E-state index contributed by atoms with van der Waals surface area (Å²) in [4.78, 5) is 12.5. The molecule has 7 nitrogen and oxygen atoms in total. The van der Waals surface area contributed by atoms with Crippen LogP contribution >= 0.6 is 0 Å². The molecular weight excluding hydrogens is 373 g/mol. The number of piperidine rings is 1. The van der Waals surface area contributed by atoms with Gasteiger partial charge in [-0.15, -0.1) is 5.10 Å². The van der Waals surface area contributed by atoms with E-state index in [9.17, 15) is 9.18 Å². The quantitative estimate of drug-likeness (QED) is 0.670. The van der Waals surface area contributed by atoms with Crippen molar-refractivity contribution in [3.05, 3.63) is 71.8 Å². The molecule has 8 heteroatoms. The van der Waals surface area contributed by atoms with Crippen molar-refractivity contribution in [2.75, 3.05) is 18.4 Å². The van der Waals surface area contributed by atoms with Crippen molar-refractivity contribution in [1.29, 1.82) is 0 Å². The van der Waals surface area contributed by atoms with Crippen LogP contribution in [0.2, 0.25) is 0 Å². The van der Waals surface area contributed by atoms with Crippen molar-refractivity contribution in [3.8, 4) is 5.75 Å². The predicted molar refractivity (Wildman–Crippen MR) is 106 cm³/mol. The normalized spacial score (nSPS) is 14.5. The van der Waals surface area contributed by atoms with Gasteiger partial charge in [-0.05, 0) is 55.8 Å². The second-order valence-electron chi connectivity index (χ2n) is 6.97. The van der Waals surface area contributed by atoms with Crippen LogP contribution in [0, 0.1) is 5.82 Å². The smallest absolute Gasteiger partial charge is 0.277 e. The van der Waals surface area contributed by atoms with Gasteiger partial charge < -0.3 is 15.4 Å². The number of carbonyl (C=O) groups excluding carboxylic acids is 1. The summed E-state index contributed by atoms with van der Waals surface area (Å²) in [5.41, 5.74) is 1.77. The monoisotopic (exact) mass is 395 g/mol. The molecule has 1 fully saturated rings. The fourth-order valence-electron chi connectivity index (χ4n) is 3.29. The number of carbonyl (C=O) groups is 1. The molecule has 1 amide bonds. The van der Waals surface area contributed by atoms with Crippen LogP contribution in [-0.4, -0.2) is 34.0 Å². The van der Waals surface area contributed by atoms with E-state index in [1.54, 1.807) is 29.1 Å². The average molecular weight is 395 g/mol. The highest BCUT2D eigenvalue weighted by atomic mass is 19.1. The van der Waals surface area contributed by atoms with Gasteiger partial charge in [-0.2, -0.15) is 0 Å². The van der Waals surface area contributed by atoms with E-state index >= 15 is 0 Å². The lowest BCUT2D eigenvalue weighted by molar-refractivity contribution is 0.102. The van der Waals surface area contributed by atoms with Gasteiger partial charge >= 0.3 is 0 Å². The molecular formula is C21H22FN5O2. The zero-order chi connectivity index (χ0) is 20.1. The summed E-state index contributed by atoms with van der Waals surface area (Å²) in [5.74, 6) is -0.205. The Morgan fingerprint density at radius 2 is 2.03 bits per heavy atom. The van der Waals surface area contributed by atoms with Crippen molar-refractivity contribution < 1.29 is 13.9 Å². The van der Waals surface area contributed by atoms with E-state index < -0.39 is 0 Å². The topological polar surface area (TPSA) is 81.1 Å². The van der Waals surface area contributed by atoms with Crippen LogP contribution in [0.5, 0.6) is 5.75 Å². The van der Waals surface area contributed by atoms with E-state index in [1.807, 2.05) is 18.2 Å². The number of rotatable bonds is 6. The lowest BCUT2D eigenvalue weighted by Crippen LogP contribution is -2.29. The molecule has 0 unspecified atom stereocenters. The first-order valence-electron chi connectivity index (χ1n) is 9.58. The SMILES string of the molecule is O=C(Nc1cccc(COc2cccc(F)c2)c1)c1cn(C2CCNCC2)nn1. The zero-order valence-corrected chi connectivity index (χ0v) is 15.8. The molecule has 2 aromatic carbocycles. The van der Waals surface area contributed by atoms with E-state index in [-0.39, 0.29) is 30.1 Å². The Kier molecular flexibility index (Phi) is 5.81. The highest BCUT2D eigenvalue weighted by Gasteiger charge is 2.18. The van der Waals surface area contributed by atoms with Crippen molar-refractivity contribution in [1.82, 2.24) is 20.3 Å². The predicted octanol–water partition coefficient (Wildman–Crippen LogP) is 3.17. The molecule has 150 valence electrons. The molecule has 2 heterocycles. The molecule has 0 saturated carbocycles. The van der Waals surface area contributed by atoms with Crippen LogP contribution in [0.1, 0.15) is 34.9 Å². The number of halogens is 1. The second-order valence-corrected chi connectivity index (χ2v) is 6.97. The van der Waals surface area contributed by atoms with Crippen LogP contribution in [-0.2, 0) is 6.61 Å². The number of aromatic nitrogens is 3. The van der Waals surface area contributed by atoms with Gasteiger partial charge in [0.05, 0.1) is 12.2 Å². The number of hydrogen-bond donors (Lipinski definition) is 2. The Balaban J connectivity index is 1.37. The minimum Gasteiger partial charge on any atom is -0.489 e. The molecule has 1 aliphatic heterocycles. The van der Waals surface area contributed by atoms with Gasteiger partial charge in [0.15, 0.2) is 5.69 Å². The highest BCUT2D eigenvalue weighted by molar-refractivity contribution is 6.02. The fraction of sp³-hybridized carbons (Fsp3) is 0.286. The summed E-state index contributed by atoms with van der Waals surface area (Å²) in [6.45, 7) is 2.14. The van der Waals surface area contributed by atoms with E-state index in [1.165, 1.54) is 12.1 Å². The fourth-order valence-corrected chi connectivity index (χ4v) is 3.29. The summed E-state index contributed by atoms with van der Waals surface area (Å²) in [6, 6.07) is 13.6. The molecule has 0 atom stereocenters. The number of amides is 1. The van der Waals surface area contributed by atoms with Gasteiger partial charge in [0.1, 0.15) is 18.2 Å².